The maximum Gasteiger partial charge on any atom is 0.227 e. The molecule has 0 radical (unpaired) electrons. The third kappa shape index (κ3) is 4.45. The predicted octanol–water partition coefficient (Wildman–Crippen LogP) is 2.26. The molecule has 0 aliphatic carbocycles. The Morgan fingerprint density at radius 3 is 2.73 bits per heavy atom. The van der Waals surface area contributed by atoms with Crippen LogP contribution in [0.2, 0.25) is 0 Å². The Morgan fingerprint density at radius 1 is 1.23 bits per heavy atom. The summed E-state index contributed by atoms with van der Waals surface area (Å²) in [6, 6.07) is 9.51. The fourth-order valence-corrected chi connectivity index (χ4v) is 3.27. The lowest BCUT2D eigenvalue weighted by Gasteiger charge is -2.34. The Bertz CT molecular complexity index is 736. The molecule has 3 rings (SSSR count). The zero-order valence-corrected chi connectivity index (χ0v) is 15.0. The summed E-state index contributed by atoms with van der Waals surface area (Å²) in [7, 11) is 0. The van der Waals surface area contributed by atoms with Crippen molar-refractivity contribution in [1.29, 1.82) is 0 Å². The number of nitrogens with zero attached hydrogens (tertiary/aromatic N) is 4. The van der Waals surface area contributed by atoms with Gasteiger partial charge in [0.15, 0.2) is 0 Å². The maximum absolute atomic E-state index is 13.0. The Balaban J connectivity index is 1.65. The largest absolute Gasteiger partial charge is 0.338 e. The molecular formula is C20H24N4O2. The quantitative estimate of drug-likeness (QED) is 0.800. The van der Waals surface area contributed by atoms with Crippen molar-refractivity contribution < 1.29 is 9.59 Å². The maximum atomic E-state index is 13.0. The molecule has 1 aliphatic heterocycles. The molecule has 2 amide bonds. The van der Waals surface area contributed by atoms with Gasteiger partial charge in [-0.15, -0.1) is 0 Å². The third-order valence-corrected chi connectivity index (χ3v) is 4.74. The molecule has 0 bridgehead atoms. The van der Waals surface area contributed by atoms with Crippen molar-refractivity contribution >= 4 is 11.8 Å². The number of hydrogen-bond donors (Lipinski definition) is 0. The minimum atomic E-state index is -0.154. The van der Waals surface area contributed by atoms with Crippen LogP contribution in [0.15, 0.2) is 48.9 Å². The zero-order valence-electron chi connectivity index (χ0n) is 15.0. The number of piperidine rings is 1. The zero-order chi connectivity index (χ0) is 18.4. The number of aromatic nitrogens is 2. The highest BCUT2D eigenvalue weighted by Gasteiger charge is 2.32. The van der Waals surface area contributed by atoms with Crippen LogP contribution in [-0.2, 0) is 22.7 Å². The van der Waals surface area contributed by atoms with E-state index in [-0.39, 0.29) is 17.7 Å². The van der Waals surface area contributed by atoms with Crippen LogP contribution in [0.3, 0.4) is 0 Å². The Morgan fingerprint density at radius 2 is 2.04 bits per heavy atom. The van der Waals surface area contributed by atoms with Gasteiger partial charge in [0.1, 0.15) is 0 Å². The van der Waals surface area contributed by atoms with Gasteiger partial charge in [0.05, 0.1) is 18.2 Å². The van der Waals surface area contributed by atoms with Gasteiger partial charge in [-0.3, -0.25) is 19.6 Å². The van der Waals surface area contributed by atoms with E-state index < -0.39 is 0 Å². The highest BCUT2D eigenvalue weighted by atomic mass is 16.2. The monoisotopic (exact) mass is 352 g/mol. The molecular weight excluding hydrogens is 328 g/mol. The van der Waals surface area contributed by atoms with Gasteiger partial charge in [-0.25, -0.2) is 0 Å². The highest BCUT2D eigenvalue weighted by Crippen LogP contribution is 2.22. The molecule has 0 unspecified atom stereocenters. The first kappa shape index (κ1) is 18.0. The third-order valence-electron chi connectivity index (χ3n) is 4.74. The molecule has 1 aliphatic rings. The lowest BCUT2D eigenvalue weighted by Crippen LogP contribution is -2.46. The summed E-state index contributed by atoms with van der Waals surface area (Å²) in [5.41, 5.74) is 1.91. The van der Waals surface area contributed by atoms with Crippen molar-refractivity contribution in [2.45, 2.75) is 32.9 Å². The molecule has 26 heavy (non-hydrogen) atoms. The summed E-state index contributed by atoms with van der Waals surface area (Å²) in [5, 5.41) is 0. The normalized spacial score (nSPS) is 17.2. The number of rotatable bonds is 6. The van der Waals surface area contributed by atoms with Gasteiger partial charge < -0.3 is 9.80 Å². The molecule has 0 spiro atoms. The number of amides is 2. The van der Waals surface area contributed by atoms with Crippen molar-refractivity contribution in [2.75, 3.05) is 13.1 Å². The van der Waals surface area contributed by atoms with E-state index >= 15 is 0 Å². The van der Waals surface area contributed by atoms with E-state index in [0.29, 0.717) is 39.0 Å². The van der Waals surface area contributed by atoms with Crippen LogP contribution < -0.4 is 0 Å². The van der Waals surface area contributed by atoms with Crippen LogP contribution in [0.1, 0.15) is 31.0 Å². The second-order valence-corrected chi connectivity index (χ2v) is 6.54. The Labute approximate surface area is 153 Å². The van der Waals surface area contributed by atoms with Crippen LogP contribution >= 0.6 is 0 Å². The summed E-state index contributed by atoms with van der Waals surface area (Å²) in [6.45, 7) is 4.12. The van der Waals surface area contributed by atoms with Gasteiger partial charge in [0.2, 0.25) is 11.8 Å². The minimum Gasteiger partial charge on any atom is -0.338 e. The van der Waals surface area contributed by atoms with E-state index in [1.165, 1.54) is 0 Å². The molecule has 1 fully saturated rings. The molecule has 1 atom stereocenters. The van der Waals surface area contributed by atoms with Crippen molar-refractivity contribution in [3.63, 3.8) is 0 Å². The molecule has 6 nitrogen and oxygen atoms in total. The second-order valence-electron chi connectivity index (χ2n) is 6.54. The second kappa shape index (κ2) is 8.56. The molecule has 6 heteroatoms. The van der Waals surface area contributed by atoms with Crippen LogP contribution in [0.4, 0.5) is 0 Å². The van der Waals surface area contributed by atoms with E-state index in [1.54, 1.807) is 23.5 Å². The van der Waals surface area contributed by atoms with Crippen LogP contribution in [0, 0.1) is 5.92 Å². The van der Waals surface area contributed by atoms with E-state index in [1.807, 2.05) is 42.2 Å². The lowest BCUT2D eigenvalue weighted by molar-refractivity contribution is -0.143. The number of carbonyl (C=O) groups excluding carboxylic acids is 2. The summed E-state index contributed by atoms with van der Waals surface area (Å²) in [5.74, 6) is 0.0536. The van der Waals surface area contributed by atoms with Crippen molar-refractivity contribution in [3.8, 4) is 0 Å². The van der Waals surface area contributed by atoms with Gasteiger partial charge in [-0.2, -0.15) is 0 Å². The minimum absolute atomic E-state index is 0.0943. The van der Waals surface area contributed by atoms with E-state index in [2.05, 4.69) is 9.97 Å². The van der Waals surface area contributed by atoms with Gasteiger partial charge in [0, 0.05) is 44.6 Å². The van der Waals surface area contributed by atoms with E-state index in [4.69, 9.17) is 0 Å². The summed E-state index contributed by atoms with van der Waals surface area (Å²) >= 11 is 0. The number of carbonyl (C=O) groups is 2. The lowest BCUT2D eigenvalue weighted by atomic mass is 9.95. The molecule has 0 aromatic carbocycles. The average molecular weight is 352 g/mol. The molecule has 0 saturated carbocycles. The molecule has 0 N–H and O–H groups in total. The van der Waals surface area contributed by atoms with Crippen LogP contribution in [-0.4, -0.2) is 44.7 Å². The van der Waals surface area contributed by atoms with E-state index in [0.717, 1.165) is 11.3 Å². The molecule has 3 heterocycles. The predicted molar refractivity (Wildman–Crippen MR) is 97.7 cm³/mol. The number of pyridine rings is 2. The number of likely N-dealkylation sites (tertiary alicyclic amines) is 1. The molecule has 2 aromatic heterocycles. The van der Waals surface area contributed by atoms with Gasteiger partial charge in [-0.1, -0.05) is 6.07 Å². The standard InChI is InChI=1S/C20H24N4O2/c1-2-23(13-16-8-11-21-12-9-16)20(26)17-6-7-19(25)24(14-17)15-18-5-3-4-10-22-18/h3-5,8-12,17H,2,6-7,13-15H2,1H3/t17-/m1/s1. The smallest absolute Gasteiger partial charge is 0.227 e. The molecule has 2 aromatic rings. The Hall–Kier alpha value is -2.76. The van der Waals surface area contributed by atoms with Gasteiger partial charge in [0.25, 0.3) is 0 Å². The molecule has 1 saturated heterocycles. The topological polar surface area (TPSA) is 66.4 Å². The van der Waals surface area contributed by atoms with E-state index in [9.17, 15) is 9.59 Å². The first-order valence-corrected chi connectivity index (χ1v) is 9.02. The first-order chi connectivity index (χ1) is 12.7. The van der Waals surface area contributed by atoms with Crippen LogP contribution in [0.25, 0.3) is 0 Å². The van der Waals surface area contributed by atoms with Crippen molar-refractivity contribution in [2.24, 2.45) is 5.92 Å². The first-order valence-electron chi connectivity index (χ1n) is 9.02. The SMILES string of the molecule is CCN(Cc1ccncc1)C(=O)[C@@H]1CCC(=O)N(Cc2ccccn2)C1. The van der Waals surface area contributed by atoms with Crippen molar-refractivity contribution in [1.82, 2.24) is 19.8 Å². The number of hydrogen-bond acceptors (Lipinski definition) is 4. The highest BCUT2D eigenvalue weighted by molar-refractivity contribution is 5.83. The summed E-state index contributed by atoms with van der Waals surface area (Å²) in [4.78, 5) is 37.2. The molecule has 136 valence electrons. The van der Waals surface area contributed by atoms with Gasteiger partial charge >= 0.3 is 0 Å². The average Bonchev–Trinajstić information content (AvgIpc) is 2.69. The Kier molecular flexibility index (Phi) is 5.94. The fraction of sp³-hybridized carbons (Fsp3) is 0.400. The van der Waals surface area contributed by atoms with Crippen LogP contribution in [0.5, 0.6) is 0 Å². The van der Waals surface area contributed by atoms with Gasteiger partial charge in [-0.05, 0) is 43.2 Å². The summed E-state index contributed by atoms with van der Waals surface area (Å²) in [6.07, 6.45) is 6.22. The fourth-order valence-electron chi connectivity index (χ4n) is 3.27. The summed E-state index contributed by atoms with van der Waals surface area (Å²) < 4.78 is 0. The van der Waals surface area contributed by atoms with Crippen molar-refractivity contribution in [3.05, 3.63) is 60.2 Å².